The van der Waals surface area contributed by atoms with Crippen LogP contribution in [0.25, 0.3) is 82.5 Å². The van der Waals surface area contributed by atoms with Gasteiger partial charge in [0.2, 0.25) is 0 Å². The topological polar surface area (TPSA) is 21.3 Å². The number of fused-ring (bicyclic) bond motifs is 7. The van der Waals surface area contributed by atoms with Gasteiger partial charge >= 0.3 is 0 Å². The van der Waals surface area contributed by atoms with E-state index in [4.69, 9.17) is 4.42 Å². The Kier molecular flexibility index (Phi) is 7.17. The van der Waals surface area contributed by atoms with Gasteiger partial charge in [-0.2, -0.15) is 0 Å². The van der Waals surface area contributed by atoms with Crippen LogP contribution in [0.3, 0.4) is 0 Å². The third-order valence-corrected chi connectivity index (χ3v) is 11.0. The molecule has 0 N–H and O–H groups in total. The van der Waals surface area contributed by atoms with Crippen molar-refractivity contribution in [3.63, 3.8) is 0 Å². The summed E-state index contributed by atoms with van der Waals surface area (Å²) in [5.74, 6) is 0. The summed E-state index contributed by atoms with van der Waals surface area (Å²) < 4.78 is 9.40. The number of hydrogen-bond donors (Lipinski definition) is 0. The zero-order valence-electron chi connectivity index (χ0n) is 29.9. The Morgan fingerprint density at radius 1 is 0.364 bits per heavy atom. The Bertz CT molecular complexity index is 3170. The van der Waals surface area contributed by atoms with Crippen molar-refractivity contribution < 1.29 is 4.42 Å². The van der Waals surface area contributed by atoms with Crippen LogP contribution in [0.4, 0.5) is 17.1 Å². The van der Waals surface area contributed by atoms with Crippen molar-refractivity contribution in [2.24, 2.45) is 0 Å². The van der Waals surface area contributed by atoms with Gasteiger partial charge in [-0.3, -0.25) is 0 Å². The summed E-state index contributed by atoms with van der Waals surface area (Å²) in [4.78, 5) is 2.42. The summed E-state index contributed by atoms with van der Waals surface area (Å²) in [6.45, 7) is 0. The van der Waals surface area contributed by atoms with E-state index in [-0.39, 0.29) is 0 Å². The maximum Gasteiger partial charge on any atom is 0.145 e. The lowest BCUT2D eigenvalue weighted by atomic mass is 9.94. The largest absolute Gasteiger partial charge is 0.455 e. The number of anilines is 3. The second-order valence-electron chi connectivity index (χ2n) is 14.0. The number of furan rings is 1. The molecule has 0 aliphatic heterocycles. The maximum atomic E-state index is 6.98. The summed E-state index contributed by atoms with van der Waals surface area (Å²) >= 11 is 0. The number of nitrogens with zero attached hydrogens (tertiary/aromatic N) is 2. The highest BCUT2D eigenvalue weighted by Gasteiger charge is 2.27. The predicted molar refractivity (Wildman–Crippen MR) is 231 cm³/mol. The van der Waals surface area contributed by atoms with E-state index in [2.05, 4.69) is 210 Å². The molecule has 0 radical (unpaired) electrons. The van der Waals surface area contributed by atoms with Gasteiger partial charge in [0.1, 0.15) is 11.2 Å². The SMILES string of the molecule is c1ccc(N(c2ccccc2-c2cccc3ccccc23)c2ccc3c(oc4ccccc43)c2-c2ccccc2-n2c3ccccc3c3ccccc32)cc1. The summed E-state index contributed by atoms with van der Waals surface area (Å²) in [7, 11) is 0. The van der Waals surface area contributed by atoms with E-state index in [0.717, 1.165) is 72.4 Å². The van der Waals surface area contributed by atoms with Gasteiger partial charge in [-0.1, -0.05) is 152 Å². The van der Waals surface area contributed by atoms with E-state index < -0.39 is 0 Å². The molecule has 0 aliphatic carbocycles. The van der Waals surface area contributed by atoms with Crippen molar-refractivity contribution >= 4 is 71.6 Å². The molecule has 2 heterocycles. The Balaban J connectivity index is 1.27. The van der Waals surface area contributed by atoms with Crippen molar-refractivity contribution in [1.29, 1.82) is 0 Å². The van der Waals surface area contributed by atoms with Gasteiger partial charge < -0.3 is 13.9 Å². The molecule has 0 fully saturated rings. The van der Waals surface area contributed by atoms with Gasteiger partial charge in [0.05, 0.1) is 33.7 Å². The first-order valence-corrected chi connectivity index (χ1v) is 18.8. The zero-order chi connectivity index (χ0) is 36.3. The zero-order valence-corrected chi connectivity index (χ0v) is 29.9. The lowest BCUT2D eigenvalue weighted by Crippen LogP contribution is -2.13. The van der Waals surface area contributed by atoms with Crippen LogP contribution in [0.1, 0.15) is 0 Å². The van der Waals surface area contributed by atoms with Gasteiger partial charge in [-0.15, -0.1) is 0 Å². The van der Waals surface area contributed by atoms with Crippen LogP contribution in [0, 0.1) is 0 Å². The molecule has 0 atom stereocenters. The van der Waals surface area contributed by atoms with Crippen molar-refractivity contribution in [1.82, 2.24) is 4.57 Å². The van der Waals surface area contributed by atoms with E-state index in [9.17, 15) is 0 Å². The standard InChI is InChI=1S/C52H34N2O/c1-2-19-36(20-3-1)53(45-28-11-6-22-39(45)38-27-16-18-35-17-4-5-21-37(35)38)49-34-33-43-42-25-10-15-32-50(42)55-52(43)51(49)44-26-9-14-31-48(44)54-46-29-12-7-23-40(46)41-24-8-13-30-47(41)54/h1-34H. The summed E-state index contributed by atoms with van der Waals surface area (Å²) in [5.41, 5.74) is 12.7. The van der Waals surface area contributed by atoms with Crippen LogP contribution in [0.15, 0.2) is 211 Å². The van der Waals surface area contributed by atoms with Gasteiger partial charge in [-0.05, 0) is 70.9 Å². The first kappa shape index (κ1) is 31.2. The average molecular weight is 703 g/mol. The average Bonchev–Trinajstić information content (AvgIpc) is 3.80. The van der Waals surface area contributed by atoms with Crippen LogP contribution in [0.5, 0.6) is 0 Å². The van der Waals surface area contributed by atoms with E-state index in [1.807, 2.05) is 6.07 Å². The Morgan fingerprint density at radius 2 is 0.945 bits per heavy atom. The molecule has 0 unspecified atom stereocenters. The Morgan fingerprint density at radius 3 is 1.75 bits per heavy atom. The van der Waals surface area contributed by atoms with Gasteiger partial charge in [0, 0.05) is 38.4 Å². The monoisotopic (exact) mass is 702 g/mol. The molecule has 0 spiro atoms. The molecular formula is C52H34N2O. The fraction of sp³-hybridized carbons (Fsp3) is 0. The van der Waals surface area contributed by atoms with E-state index >= 15 is 0 Å². The normalized spacial score (nSPS) is 11.6. The highest BCUT2D eigenvalue weighted by Crippen LogP contribution is 2.50. The number of aromatic nitrogens is 1. The van der Waals surface area contributed by atoms with Crippen molar-refractivity contribution in [2.75, 3.05) is 4.90 Å². The van der Waals surface area contributed by atoms with E-state index in [0.29, 0.717) is 0 Å². The molecule has 11 rings (SSSR count). The molecule has 258 valence electrons. The van der Waals surface area contributed by atoms with Crippen LogP contribution >= 0.6 is 0 Å². The minimum Gasteiger partial charge on any atom is -0.455 e. The summed E-state index contributed by atoms with van der Waals surface area (Å²) in [5, 5.41) is 7.07. The van der Waals surface area contributed by atoms with Crippen molar-refractivity contribution in [3.8, 4) is 27.9 Å². The van der Waals surface area contributed by atoms with Crippen molar-refractivity contribution in [3.05, 3.63) is 206 Å². The smallest absolute Gasteiger partial charge is 0.145 e. The first-order chi connectivity index (χ1) is 27.3. The molecule has 9 aromatic carbocycles. The minimum absolute atomic E-state index is 0.857. The fourth-order valence-electron chi connectivity index (χ4n) is 8.63. The fourth-order valence-corrected chi connectivity index (χ4v) is 8.63. The quantitative estimate of drug-likeness (QED) is 0.172. The van der Waals surface area contributed by atoms with Gasteiger partial charge in [0.25, 0.3) is 0 Å². The number of benzene rings is 9. The third-order valence-electron chi connectivity index (χ3n) is 11.0. The molecule has 0 bridgehead atoms. The molecule has 0 amide bonds. The third kappa shape index (κ3) is 4.91. The molecule has 0 saturated heterocycles. The number of para-hydroxylation sites is 6. The minimum atomic E-state index is 0.857. The molecule has 2 aromatic heterocycles. The van der Waals surface area contributed by atoms with Gasteiger partial charge in [-0.25, -0.2) is 0 Å². The lowest BCUT2D eigenvalue weighted by Gasteiger charge is -2.30. The second-order valence-corrected chi connectivity index (χ2v) is 14.0. The number of hydrogen-bond acceptors (Lipinski definition) is 2. The summed E-state index contributed by atoms with van der Waals surface area (Å²) in [6, 6.07) is 73.9. The van der Waals surface area contributed by atoms with Crippen LogP contribution in [0.2, 0.25) is 0 Å². The van der Waals surface area contributed by atoms with Crippen LogP contribution in [-0.2, 0) is 0 Å². The van der Waals surface area contributed by atoms with Crippen LogP contribution < -0.4 is 4.90 Å². The molecule has 55 heavy (non-hydrogen) atoms. The highest BCUT2D eigenvalue weighted by atomic mass is 16.3. The maximum absolute atomic E-state index is 6.98. The highest BCUT2D eigenvalue weighted by molar-refractivity contribution is 6.16. The predicted octanol–water partition coefficient (Wildman–Crippen LogP) is 14.6. The second kappa shape index (κ2) is 12.6. The molecule has 0 saturated carbocycles. The van der Waals surface area contributed by atoms with E-state index in [1.54, 1.807) is 0 Å². The Hall–Kier alpha value is -7.36. The first-order valence-electron chi connectivity index (χ1n) is 18.8. The van der Waals surface area contributed by atoms with E-state index in [1.165, 1.54) is 27.1 Å². The lowest BCUT2D eigenvalue weighted by molar-refractivity contribution is 0.670. The molecule has 0 aliphatic rings. The Labute approximate surface area is 318 Å². The van der Waals surface area contributed by atoms with Gasteiger partial charge in [0.15, 0.2) is 0 Å². The molecule has 3 nitrogen and oxygen atoms in total. The summed E-state index contributed by atoms with van der Waals surface area (Å²) in [6.07, 6.45) is 0. The van der Waals surface area contributed by atoms with Crippen LogP contribution in [-0.4, -0.2) is 4.57 Å². The number of rotatable bonds is 6. The molecule has 11 aromatic rings. The molecule has 3 heteroatoms. The van der Waals surface area contributed by atoms with Crippen molar-refractivity contribution in [2.45, 2.75) is 0 Å². The molecular weight excluding hydrogens is 669 g/mol.